The maximum atomic E-state index is 13.2. The predicted octanol–water partition coefficient (Wildman–Crippen LogP) is 4.11. The fourth-order valence-corrected chi connectivity index (χ4v) is 1.89. The van der Waals surface area contributed by atoms with Gasteiger partial charge >= 0.3 is 0 Å². The molecule has 90 valence electrons. The lowest BCUT2D eigenvalue weighted by Crippen LogP contribution is -2.21. The fourth-order valence-electron chi connectivity index (χ4n) is 1.65. The van der Waals surface area contributed by atoms with Gasteiger partial charge in [-0.25, -0.2) is 4.39 Å². The van der Waals surface area contributed by atoms with Crippen LogP contribution in [0, 0.1) is 11.7 Å². The maximum Gasteiger partial charge on any atom is 0.137 e. The molecular formula is C13H19BrFN. The molecule has 1 aromatic carbocycles. The van der Waals surface area contributed by atoms with Gasteiger partial charge in [-0.05, 0) is 46.1 Å². The van der Waals surface area contributed by atoms with Gasteiger partial charge in [0.2, 0.25) is 0 Å². The Balaban J connectivity index is 2.40. The molecule has 1 N–H and O–H groups in total. The molecular weight excluding hydrogens is 269 g/mol. The van der Waals surface area contributed by atoms with E-state index in [9.17, 15) is 4.39 Å². The molecule has 0 radical (unpaired) electrons. The number of benzene rings is 1. The normalized spacial score (nSPS) is 11.1. The fraction of sp³-hybridized carbons (Fsp3) is 0.538. The summed E-state index contributed by atoms with van der Waals surface area (Å²) in [6.07, 6.45) is 2.39. The summed E-state index contributed by atoms with van der Waals surface area (Å²) in [5, 5.41) is 3.37. The van der Waals surface area contributed by atoms with Gasteiger partial charge in [-0.1, -0.05) is 32.8 Å². The summed E-state index contributed by atoms with van der Waals surface area (Å²) in [4.78, 5) is 0. The van der Waals surface area contributed by atoms with E-state index >= 15 is 0 Å². The molecule has 0 aromatic heterocycles. The van der Waals surface area contributed by atoms with Gasteiger partial charge in [-0.3, -0.25) is 0 Å². The summed E-state index contributed by atoms with van der Waals surface area (Å²) in [6, 6.07) is 5.26. The average Bonchev–Trinajstić information content (AvgIpc) is 2.29. The first kappa shape index (κ1) is 13.7. The van der Waals surface area contributed by atoms with Crippen molar-refractivity contribution in [3.63, 3.8) is 0 Å². The smallest absolute Gasteiger partial charge is 0.137 e. The third-order valence-electron chi connectivity index (χ3n) is 2.90. The highest BCUT2D eigenvalue weighted by molar-refractivity contribution is 9.10. The van der Waals surface area contributed by atoms with Gasteiger partial charge in [-0.2, -0.15) is 0 Å². The van der Waals surface area contributed by atoms with Crippen LogP contribution in [0.15, 0.2) is 22.7 Å². The number of nitrogens with one attached hydrogen (secondary N) is 1. The Morgan fingerprint density at radius 1 is 1.31 bits per heavy atom. The van der Waals surface area contributed by atoms with Crippen LogP contribution in [-0.4, -0.2) is 6.54 Å². The summed E-state index contributed by atoms with van der Waals surface area (Å²) in [5.41, 5.74) is 0.992. The van der Waals surface area contributed by atoms with Gasteiger partial charge in [-0.15, -0.1) is 0 Å². The Labute approximate surface area is 106 Å². The first-order chi connectivity index (χ1) is 7.67. The number of hydrogen-bond donors (Lipinski definition) is 1. The van der Waals surface area contributed by atoms with Crippen LogP contribution >= 0.6 is 15.9 Å². The Morgan fingerprint density at radius 2 is 2.00 bits per heavy atom. The van der Waals surface area contributed by atoms with E-state index in [1.54, 1.807) is 12.1 Å². The lowest BCUT2D eigenvalue weighted by Gasteiger charge is -2.13. The zero-order valence-electron chi connectivity index (χ0n) is 9.89. The van der Waals surface area contributed by atoms with Crippen molar-refractivity contribution in [1.29, 1.82) is 0 Å². The summed E-state index contributed by atoms with van der Waals surface area (Å²) in [5.74, 6) is 0.530. The second-order valence-electron chi connectivity index (χ2n) is 4.06. The summed E-state index contributed by atoms with van der Waals surface area (Å²) < 4.78 is 13.7. The Bertz CT molecular complexity index is 324. The van der Waals surface area contributed by atoms with Crippen molar-refractivity contribution in [2.75, 3.05) is 6.54 Å². The quantitative estimate of drug-likeness (QED) is 0.830. The molecule has 0 heterocycles. The van der Waals surface area contributed by atoms with Crippen molar-refractivity contribution >= 4 is 15.9 Å². The van der Waals surface area contributed by atoms with Crippen molar-refractivity contribution in [2.24, 2.45) is 5.92 Å². The van der Waals surface area contributed by atoms with E-state index in [2.05, 4.69) is 35.1 Å². The second kappa shape index (κ2) is 7.02. The molecule has 0 saturated carbocycles. The molecule has 1 rings (SSSR count). The SMILES string of the molecule is CCC(CC)CNCc1ccc(Br)c(F)c1. The van der Waals surface area contributed by atoms with Crippen LogP contribution in [0.5, 0.6) is 0 Å². The minimum Gasteiger partial charge on any atom is -0.312 e. The van der Waals surface area contributed by atoms with Crippen molar-refractivity contribution in [3.8, 4) is 0 Å². The van der Waals surface area contributed by atoms with E-state index in [1.165, 1.54) is 12.8 Å². The van der Waals surface area contributed by atoms with E-state index < -0.39 is 0 Å². The van der Waals surface area contributed by atoms with Crippen LogP contribution in [-0.2, 0) is 6.54 Å². The molecule has 0 atom stereocenters. The molecule has 3 heteroatoms. The molecule has 0 spiro atoms. The van der Waals surface area contributed by atoms with Crippen LogP contribution < -0.4 is 5.32 Å². The standard InChI is InChI=1S/C13H19BrFN/c1-3-10(4-2)8-16-9-11-5-6-12(14)13(15)7-11/h5-7,10,16H,3-4,8-9H2,1-2H3. The lowest BCUT2D eigenvalue weighted by molar-refractivity contribution is 0.449. The van der Waals surface area contributed by atoms with Crippen molar-refractivity contribution in [1.82, 2.24) is 5.32 Å². The van der Waals surface area contributed by atoms with E-state index in [-0.39, 0.29) is 5.82 Å². The zero-order valence-corrected chi connectivity index (χ0v) is 11.5. The number of rotatable bonds is 6. The first-order valence-electron chi connectivity index (χ1n) is 5.82. The first-order valence-corrected chi connectivity index (χ1v) is 6.61. The van der Waals surface area contributed by atoms with E-state index in [1.807, 2.05) is 6.07 Å². The van der Waals surface area contributed by atoms with Crippen LogP contribution in [0.2, 0.25) is 0 Å². The second-order valence-corrected chi connectivity index (χ2v) is 4.92. The third kappa shape index (κ3) is 4.22. The molecule has 0 aliphatic heterocycles. The molecule has 0 aliphatic carbocycles. The Kier molecular flexibility index (Phi) is 5.99. The summed E-state index contributed by atoms with van der Waals surface area (Å²) in [6.45, 7) is 6.15. The van der Waals surface area contributed by atoms with E-state index in [4.69, 9.17) is 0 Å². The third-order valence-corrected chi connectivity index (χ3v) is 3.54. The molecule has 0 amide bonds. The molecule has 1 nitrogen and oxygen atoms in total. The van der Waals surface area contributed by atoms with Crippen molar-refractivity contribution in [3.05, 3.63) is 34.1 Å². The van der Waals surface area contributed by atoms with Gasteiger partial charge < -0.3 is 5.32 Å². The molecule has 0 saturated heterocycles. The Hall–Kier alpha value is -0.410. The number of halogens is 2. The highest BCUT2D eigenvalue weighted by atomic mass is 79.9. The topological polar surface area (TPSA) is 12.0 Å². The largest absolute Gasteiger partial charge is 0.312 e. The monoisotopic (exact) mass is 287 g/mol. The highest BCUT2D eigenvalue weighted by Crippen LogP contribution is 2.16. The lowest BCUT2D eigenvalue weighted by atomic mass is 10.0. The molecule has 0 fully saturated rings. The van der Waals surface area contributed by atoms with Gasteiger partial charge in [0.05, 0.1) is 4.47 Å². The van der Waals surface area contributed by atoms with E-state index in [0.717, 1.165) is 24.6 Å². The summed E-state index contributed by atoms with van der Waals surface area (Å²) in [7, 11) is 0. The van der Waals surface area contributed by atoms with Gasteiger partial charge in [0.25, 0.3) is 0 Å². The van der Waals surface area contributed by atoms with Crippen LogP contribution in [0.1, 0.15) is 32.3 Å². The highest BCUT2D eigenvalue weighted by Gasteiger charge is 2.03. The zero-order chi connectivity index (χ0) is 12.0. The Morgan fingerprint density at radius 3 is 2.56 bits per heavy atom. The van der Waals surface area contributed by atoms with Gasteiger partial charge in [0.15, 0.2) is 0 Å². The minimum absolute atomic E-state index is 0.193. The van der Waals surface area contributed by atoms with E-state index in [0.29, 0.717) is 4.47 Å². The maximum absolute atomic E-state index is 13.2. The van der Waals surface area contributed by atoms with Crippen LogP contribution in [0.25, 0.3) is 0 Å². The minimum atomic E-state index is -0.193. The van der Waals surface area contributed by atoms with Gasteiger partial charge in [0, 0.05) is 6.54 Å². The molecule has 0 bridgehead atoms. The molecule has 0 aliphatic rings. The summed E-state index contributed by atoms with van der Waals surface area (Å²) >= 11 is 3.15. The van der Waals surface area contributed by atoms with Gasteiger partial charge in [0.1, 0.15) is 5.82 Å². The number of hydrogen-bond acceptors (Lipinski definition) is 1. The van der Waals surface area contributed by atoms with Crippen LogP contribution in [0.3, 0.4) is 0 Å². The van der Waals surface area contributed by atoms with Crippen LogP contribution in [0.4, 0.5) is 4.39 Å². The van der Waals surface area contributed by atoms with Crippen molar-refractivity contribution < 1.29 is 4.39 Å². The predicted molar refractivity (Wildman–Crippen MR) is 69.9 cm³/mol. The van der Waals surface area contributed by atoms with Crippen molar-refractivity contribution in [2.45, 2.75) is 33.2 Å². The molecule has 16 heavy (non-hydrogen) atoms. The average molecular weight is 288 g/mol. The molecule has 1 aromatic rings. The molecule has 0 unspecified atom stereocenters.